The summed E-state index contributed by atoms with van der Waals surface area (Å²) in [5.74, 6) is -0.511. The second-order valence-electron chi connectivity index (χ2n) is 9.92. The Labute approximate surface area is 215 Å². The summed E-state index contributed by atoms with van der Waals surface area (Å²) in [7, 11) is -3.98. The van der Waals surface area contributed by atoms with Crippen molar-refractivity contribution in [2.75, 3.05) is 10.8 Å². The summed E-state index contributed by atoms with van der Waals surface area (Å²) in [5, 5.41) is 4.28. The molecule has 3 aromatic rings. The Morgan fingerprint density at radius 1 is 0.917 bits per heavy atom. The maximum absolute atomic E-state index is 13.6. The van der Waals surface area contributed by atoms with Crippen LogP contribution in [-0.2, 0) is 20.2 Å². The van der Waals surface area contributed by atoms with Crippen LogP contribution in [0, 0.1) is 20.8 Å². The number of hydrogen-bond acceptors (Lipinski definition) is 4. The van der Waals surface area contributed by atoms with E-state index in [0.717, 1.165) is 26.7 Å². The highest BCUT2D eigenvalue weighted by molar-refractivity contribution is 7.92. The van der Waals surface area contributed by atoms with Crippen molar-refractivity contribution < 1.29 is 13.2 Å². The number of nitrogens with one attached hydrogen (secondary N) is 1. The summed E-state index contributed by atoms with van der Waals surface area (Å²) >= 11 is 0. The molecule has 0 radical (unpaired) electrons. The summed E-state index contributed by atoms with van der Waals surface area (Å²) in [6.07, 6.45) is 0.639. The predicted octanol–water partition coefficient (Wildman–Crippen LogP) is 5.67. The van der Waals surface area contributed by atoms with Gasteiger partial charge in [0.2, 0.25) is 0 Å². The Bertz CT molecular complexity index is 1350. The van der Waals surface area contributed by atoms with Gasteiger partial charge in [-0.25, -0.2) is 13.8 Å². The third-order valence-electron chi connectivity index (χ3n) is 6.15. The molecule has 36 heavy (non-hydrogen) atoms. The zero-order valence-electron chi connectivity index (χ0n) is 21.9. The largest absolute Gasteiger partial charge is 0.271 e. The smallest absolute Gasteiger partial charge is 0.264 e. The van der Waals surface area contributed by atoms with Crippen LogP contribution in [0.15, 0.2) is 82.8 Å². The zero-order valence-corrected chi connectivity index (χ0v) is 22.7. The lowest BCUT2D eigenvalue weighted by atomic mass is 9.80. The fraction of sp³-hybridized carbons (Fsp3) is 0.310. The lowest BCUT2D eigenvalue weighted by Gasteiger charge is -2.26. The van der Waals surface area contributed by atoms with Crippen molar-refractivity contribution in [3.05, 3.63) is 95.1 Å². The van der Waals surface area contributed by atoms with E-state index in [1.165, 1.54) is 5.56 Å². The minimum absolute atomic E-state index is 0.131. The molecule has 0 aliphatic carbocycles. The summed E-state index contributed by atoms with van der Waals surface area (Å²) in [5.41, 5.74) is 7.40. The molecule has 1 N–H and O–H groups in total. The maximum atomic E-state index is 13.6. The molecule has 190 valence electrons. The molecule has 0 atom stereocenters. The Kier molecular flexibility index (Phi) is 8.35. The fourth-order valence-electron chi connectivity index (χ4n) is 4.12. The summed E-state index contributed by atoms with van der Waals surface area (Å²) in [4.78, 5) is 13.1. The lowest BCUT2D eigenvalue weighted by Crippen LogP contribution is -2.40. The second kappa shape index (κ2) is 11.1. The van der Waals surface area contributed by atoms with Crippen molar-refractivity contribution >= 4 is 27.3 Å². The van der Waals surface area contributed by atoms with E-state index in [4.69, 9.17) is 0 Å². The van der Waals surface area contributed by atoms with E-state index in [0.29, 0.717) is 12.1 Å². The van der Waals surface area contributed by atoms with Crippen molar-refractivity contribution in [2.45, 2.75) is 58.3 Å². The van der Waals surface area contributed by atoms with E-state index in [1.807, 2.05) is 58.0 Å². The maximum Gasteiger partial charge on any atom is 0.264 e. The first-order valence-corrected chi connectivity index (χ1v) is 13.4. The van der Waals surface area contributed by atoms with Crippen molar-refractivity contribution in [1.82, 2.24) is 5.43 Å². The van der Waals surface area contributed by atoms with Crippen LogP contribution in [0.1, 0.15) is 49.4 Å². The zero-order chi connectivity index (χ0) is 26.5. The number of anilines is 1. The molecule has 3 aromatic carbocycles. The molecule has 1 amide bonds. The van der Waals surface area contributed by atoms with E-state index in [1.54, 1.807) is 30.3 Å². The van der Waals surface area contributed by atoms with Crippen molar-refractivity contribution in [2.24, 2.45) is 5.10 Å². The molecule has 0 spiro atoms. The number of aryl methyl sites for hydroxylation is 3. The lowest BCUT2D eigenvalue weighted by molar-refractivity contribution is -0.119. The highest BCUT2D eigenvalue weighted by Gasteiger charge is 2.28. The molecule has 0 unspecified atom stereocenters. The molecule has 0 saturated carbocycles. The topological polar surface area (TPSA) is 78.8 Å². The minimum atomic E-state index is -3.98. The second-order valence-corrected chi connectivity index (χ2v) is 11.8. The van der Waals surface area contributed by atoms with Crippen molar-refractivity contribution in [3.63, 3.8) is 0 Å². The number of carbonyl (C=O) groups is 1. The van der Waals surface area contributed by atoms with Gasteiger partial charge in [-0.1, -0.05) is 74.0 Å². The van der Waals surface area contributed by atoms with Gasteiger partial charge in [0.1, 0.15) is 6.54 Å². The van der Waals surface area contributed by atoms with Gasteiger partial charge in [0.15, 0.2) is 0 Å². The van der Waals surface area contributed by atoms with Gasteiger partial charge >= 0.3 is 0 Å². The molecule has 0 heterocycles. The normalized spacial score (nSPS) is 12.3. The van der Waals surface area contributed by atoms with Gasteiger partial charge in [-0.15, -0.1) is 0 Å². The molecule has 0 aliphatic rings. The first-order valence-electron chi connectivity index (χ1n) is 11.9. The van der Waals surface area contributed by atoms with Crippen LogP contribution in [0.2, 0.25) is 0 Å². The van der Waals surface area contributed by atoms with E-state index < -0.39 is 15.9 Å². The van der Waals surface area contributed by atoms with Gasteiger partial charge in [-0.3, -0.25) is 9.10 Å². The SMILES string of the molecule is C/C(CC(C)(C)c1ccccc1)=N/NC(=O)CN(c1cc(C)ccc1C)S(=O)(=O)c1ccc(C)cc1. The Hall–Kier alpha value is -3.45. The number of sulfonamides is 1. The average Bonchev–Trinajstić information content (AvgIpc) is 2.83. The van der Waals surface area contributed by atoms with Crippen LogP contribution in [-0.4, -0.2) is 26.6 Å². The molecular formula is C29H35N3O3S. The molecule has 0 aliphatic heterocycles. The monoisotopic (exact) mass is 505 g/mol. The van der Waals surface area contributed by atoms with Gasteiger partial charge in [0.25, 0.3) is 15.9 Å². The summed E-state index contributed by atoms with van der Waals surface area (Å²) < 4.78 is 28.4. The molecule has 6 nitrogen and oxygen atoms in total. The number of hydrazone groups is 1. The summed E-state index contributed by atoms with van der Waals surface area (Å²) in [6, 6.07) is 22.3. The highest BCUT2D eigenvalue weighted by Crippen LogP contribution is 2.29. The molecule has 0 saturated heterocycles. The quantitative estimate of drug-likeness (QED) is 0.301. The van der Waals surface area contributed by atoms with Crippen LogP contribution < -0.4 is 9.73 Å². The van der Waals surface area contributed by atoms with Gasteiger partial charge in [-0.05, 0) is 74.4 Å². The van der Waals surface area contributed by atoms with Crippen molar-refractivity contribution in [3.8, 4) is 0 Å². The number of carbonyl (C=O) groups excluding carboxylic acids is 1. The molecule has 7 heteroatoms. The fourth-order valence-corrected chi connectivity index (χ4v) is 5.60. The third kappa shape index (κ3) is 6.61. The predicted molar refractivity (Wildman–Crippen MR) is 147 cm³/mol. The van der Waals surface area contributed by atoms with Crippen LogP contribution >= 0.6 is 0 Å². The van der Waals surface area contributed by atoms with Crippen molar-refractivity contribution in [1.29, 1.82) is 0 Å². The molecular weight excluding hydrogens is 470 g/mol. The Morgan fingerprint density at radius 3 is 2.17 bits per heavy atom. The van der Waals surface area contributed by atoms with E-state index in [9.17, 15) is 13.2 Å². The van der Waals surface area contributed by atoms with Gasteiger partial charge < -0.3 is 0 Å². The van der Waals surface area contributed by atoms with E-state index >= 15 is 0 Å². The minimum Gasteiger partial charge on any atom is -0.271 e. The number of hydrogen-bond donors (Lipinski definition) is 1. The van der Waals surface area contributed by atoms with Crippen LogP contribution in [0.25, 0.3) is 0 Å². The standard InChI is InChI=1S/C29H35N3O3S/c1-21-13-16-26(17-14-21)36(34,35)32(27-18-22(2)12-15-23(27)3)20-28(33)31-30-24(4)19-29(5,6)25-10-8-7-9-11-25/h7-18H,19-20H2,1-6H3,(H,31,33)/b30-24-. The molecule has 0 aromatic heterocycles. The van der Waals surface area contributed by atoms with Crippen LogP contribution in [0.3, 0.4) is 0 Å². The molecule has 3 rings (SSSR count). The number of nitrogens with zero attached hydrogens (tertiary/aromatic N) is 2. The van der Waals surface area contributed by atoms with E-state index in [2.05, 4.69) is 36.5 Å². The third-order valence-corrected chi connectivity index (χ3v) is 7.93. The first-order chi connectivity index (χ1) is 16.9. The number of amides is 1. The van der Waals surface area contributed by atoms with Gasteiger partial charge in [-0.2, -0.15) is 5.10 Å². The number of rotatable bonds is 9. The highest BCUT2D eigenvalue weighted by atomic mass is 32.2. The summed E-state index contributed by atoms with van der Waals surface area (Å²) in [6.45, 7) is 11.3. The Morgan fingerprint density at radius 2 is 1.53 bits per heavy atom. The molecule has 0 fully saturated rings. The molecule has 0 bridgehead atoms. The van der Waals surface area contributed by atoms with Gasteiger partial charge in [0, 0.05) is 5.71 Å². The Balaban J connectivity index is 1.84. The van der Waals surface area contributed by atoms with Crippen LogP contribution in [0.4, 0.5) is 5.69 Å². The van der Waals surface area contributed by atoms with Crippen LogP contribution in [0.5, 0.6) is 0 Å². The average molecular weight is 506 g/mol. The van der Waals surface area contributed by atoms with E-state index in [-0.39, 0.29) is 16.9 Å². The first kappa shape index (κ1) is 27.1. The number of benzene rings is 3. The van der Waals surface area contributed by atoms with Gasteiger partial charge in [0.05, 0.1) is 10.6 Å².